The molecule has 0 N–H and O–H groups in total. The molecule has 0 spiro atoms. The summed E-state index contributed by atoms with van der Waals surface area (Å²) in [7, 11) is 0. The van der Waals surface area contributed by atoms with Crippen molar-refractivity contribution in [2.75, 3.05) is 0 Å². The maximum atomic E-state index is 6.35. The van der Waals surface area contributed by atoms with Crippen molar-refractivity contribution in [1.82, 2.24) is 0 Å². The van der Waals surface area contributed by atoms with Crippen LogP contribution in [0.5, 0.6) is 17.2 Å². The van der Waals surface area contributed by atoms with E-state index in [1.54, 1.807) is 0 Å². The van der Waals surface area contributed by atoms with Crippen molar-refractivity contribution in [3.8, 4) is 51.0 Å². The lowest BCUT2D eigenvalue weighted by Crippen LogP contribution is -2.42. The summed E-state index contributed by atoms with van der Waals surface area (Å²) in [6, 6.07) is 70.4. The standard InChI is InChI=1S/2C27H20NO.C23H18NO/c1-27(2)21-14-20-18-9-5-3-7-16(18)11-12-22(20)28-15-29-23-13-17-8-4-6-10-19(17)25(27)24(23)26(21)28;1-27(2)24-20-10-6-5-9-18(20)13-22-23(24)26-25(27)21-12-17-8-4-3-7-16(17)11-19(21)14-28(26)15-29-22;1-23(2)20-16-9-5-3-7-14(16)11-18-19(20)22-21(23)17-10-6-4-8-15(17)12-24(22)13-25-18/h2*3-14H,15H2,1-2H3;3-12H,13H2,1-2H3/q3*+1. The fourth-order valence-corrected chi connectivity index (χ4v) is 16.2. The molecular weight excluding hydrogens is 1010 g/mol. The third-order valence-corrected chi connectivity index (χ3v) is 19.7. The molecule has 83 heavy (non-hydrogen) atoms. The molecule has 0 fully saturated rings. The number of pyridine rings is 3. The minimum atomic E-state index is -0.0995. The highest BCUT2D eigenvalue weighted by Gasteiger charge is 2.51. The smallest absolute Gasteiger partial charge is 0.293 e. The number of hydrogen-bond acceptors (Lipinski definition) is 3. The van der Waals surface area contributed by atoms with Gasteiger partial charge >= 0.3 is 0 Å². The van der Waals surface area contributed by atoms with E-state index < -0.39 is 0 Å². The number of aromatic nitrogens is 3. The highest BCUT2D eigenvalue weighted by molar-refractivity contribution is 6.10. The fourth-order valence-electron chi connectivity index (χ4n) is 16.2. The average Bonchev–Trinajstić information content (AvgIpc) is 2.32. The number of nitrogens with zero attached hydrogens (tertiary/aromatic N) is 3. The Morgan fingerprint density at radius 1 is 0.301 bits per heavy atom. The number of benzene rings is 11. The van der Waals surface area contributed by atoms with Crippen molar-refractivity contribution in [2.24, 2.45) is 0 Å². The maximum Gasteiger partial charge on any atom is 0.293 e. The zero-order chi connectivity index (χ0) is 55.4. The van der Waals surface area contributed by atoms with E-state index in [0.717, 1.165) is 17.2 Å². The van der Waals surface area contributed by atoms with Gasteiger partial charge in [-0.1, -0.05) is 181 Å². The highest BCUT2D eigenvalue weighted by atomic mass is 16.5. The van der Waals surface area contributed by atoms with E-state index in [1.807, 2.05) is 0 Å². The van der Waals surface area contributed by atoms with Gasteiger partial charge in [0.15, 0.2) is 12.4 Å². The van der Waals surface area contributed by atoms with E-state index in [-0.39, 0.29) is 16.2 Å². The molecule has 11 aromatic carbocycles. The van der Waals surface area contributed by atoms with Crippen LogP contribution < -0.4 is 27.9 Å². The molecule has 0 unspecified atom stereocenters. The maximum absolute atomic E-state index is 6.35. The Kier molecular flexibility index (Phi) is 9.23. The predicted octanol–water partition coefficient (Wildman–Crippen LogP) is 17.1. The van der Waals surface area contributed by atoms with Crippen LogP contribution in [0.1, 0.15) is 74.9 Å². The van der Waals surface area contributed by atoms with E-state index in [9.17, 15) is 0 Å². The molecule has 3 aliphatic carbocycles. The van der Waals surface area contributed by atoms with Crippen LogP contribution in [0.25, 0.3) is 120 Å². The number of rotatable bonds is 0. The van der Waals surface area contributed by atoms with Gasteiger partial charge in [-0.2, -0.15) is 13.7 Å². The van der Waals surface area contributed by atoms with Gasteiger partial charge < -0.3 is 14.2 Å². The lowest BCUT2D eigenvalue weighted by molar-refractivity contribution is -0.716. The summed E-state index contributed by atoms with van der Waals surface area (Å²) in [5, 5.41) is 19.5. The second kappa shape index (κ2) is 16.3. The van der Waals surface area contributed by atoms with Crippen LogP contribution in [-0.4, -0.2) is 0 Å². The zero-order valence-corrected chi connectivity index (χ0v) is 47.3. The van der Waals surface area contributed by atoms with Crippen LogP contribution in [0.3, 0.4) is 0 Å². The van der Waals surface area contributed by atoms with Gasteiger partial charge in [0.25, 0.3) is 20.2 Å². The van der Waals surface area contributed by atoms with Gasteiger partial charge in [-0.25, -0.2) is 0 Å². The normalized spacial score (nSPS) is 15.8. The van der Waals surface area contributed by atoms with E-state index in [1.165, 1.54) is 153 Å². The molecule has 14 aromatic rings. The Hall–Kier alpha value is -9.65. The van der Waals surface area contributed by atoms with Crippen LogP contribution in [0, 0.1) is 0 Å². The van der Waals surface area contributed by atoms with E-state index in [4.69, 9.17) is 14.2 Å². The third-order valence-electron chi connectivity index (χ3n) is 19.7. The summed E-state index contributed by atoms with van der Waals surface area (Å²) in [6.45, 7) is 15.9. The Morgan fingerprint density at radius 3 is 1.27 bits per heavy atom. The molecular formula is C77H58N3O3+3. The molecule has 3 aromatic heterocycles. The molecule has 396 valence electrons. The van der Waals surface area contributed by atoms with Crippen molar-refractivity contribution in [1.29, 1.82) is 0 Å². The molecule has 6 heterocycles. The van der Waals surface area contributed by atoms with Gasteiger partial charge in [0, 0.05) is 49.8 Å². The second-order valence-corrected chi connectivity index (χ2v) is 25.3. The summed E-state index contributed by atoms with van der Waals surface area (Å²) >= 11 is 0. The molecule has 6 aliphatic rings. The Morgan fingerprint density at radius 2 is 0.711 bits per heavy atom. The summed E-state index contributed by atoms with van der Waals surface area (Å²) in [6.07, 6.45) is 4.50. The molecule has 20 rings (SSSR count). The van der Waals surface area contributed by atoms with Gasteiger partial charge in [0.1, 0.15) is 17.2 Å². The second-order valence-electron chi connectivity index (χ2n) is 25.3. The number of hydrogen-bond donors (Lipinski definition) is 0. The van der Waals surface area contributed by atoms with Crippen LogP contribution in [-0.2, 0) is 36.4 Å². The van der Waals surface area contributed by atoms with E-state index in [2.05, 4.69) is 262 Å². The van der Waals surface area contributed by atoms with Crippen molar-refractivity contribution in [3.63, 3.8) is 0 Å². The third kappa shape index (κ3) is 6.20. The first-order chi connectivity index (χ1) is 40.4. The SMILES string of the molecule is CC1(C)c2c3c(cc4ccccc24)OC[n+]2cc4cc5ccccc5cc4c1c2-3.CC1(C)c2c3c(cc4ccccc24)OC[n+]2cc4ccccc4c1c2-3.CC1(C)c2cc3c4ccccc4ccc3[n+]3c2-c2c(cc4ccccc4c21)OC3. The number of ether oxygens (including phenoxy) is 3. The first-order valence-corrected chi connectivity index (χ1v) is 29.3. The molecule has 0 saturated heterocycles. The van der Waals surface area contributed by atoms with Gasteiger partial charge in [-0.15, -0.1) is 0 Å². The molecule has 0 saturated carbocycles. The lowest BCUT2D eigenvalue weighted by Gasteiger charge is -2.23. The lowest BCUT2D eigenvalue weighted by atomic mass is 9.78. The van der Waals surface area contributed by atoms with Crippen LogP contribution in [0.2, 0.25) is 0 Å². The molecule has 0 atom stereocenters. The first kappa shape index (κ1) is 47.0. The highest BCUT2D eigenvalue weighted by Crippen LogP contribution is 2.59. The largest absolute Gasteiger partial charge is 0.435 e. The fraction of sp³-hybridized carbons (Fsp3) is 0.156. The van der Waals surface area contributed by atoms with Crippen molar-refractivity contribution in [3.05, 3.63) is 240 Å². The topological polar surface area (TPSA) is 39.3 Å². The van der Waals surface area contributed by atoms with Gasteiger partial charge in [-0.05, 0) is 130 Å². The molecule has 0 radical (unpaired) electrons. The van der Waals surface area contributed by atoms with Gasteiger partial charge in [-0.3, -0.25) is 0 Å². The predicted molar refractivity (Wildman–Crippen MR) is 335 cm³/mol. The Bertz CT molecular complexity index is 5210. The van der Waals surface area contributed by atoms with Gasteiger partial charge in [0.2, 0.25) is 22.6 Å². The molecule has 6 heteroatoms. The van der Waals surface area contributed by atoms with Crippen LogP contribution in [0.15, 0.2) is 207 Å². The van der Waals surface area contributed by atoms with Crippen LogP contribution >= 0.6 is 0 Å². The van der Waals surface area contributed by atoms with E-state index in [0.29, 0.717) is 20.2 Å². The van der Waals surface area contributed by atoms with Gasteiger partial charge in [0.05, 0.1) is 22.1 Å². The zero-order valence-electron chi connectivity index (χ0n) is 47.3. The van der Waals surface area contributed by atoms with Crippen molar-refractivity contribution >= 4 is 86.3 Å². The molecule has 6 nitrogen and oxygen atoms in total. The summed E-state index contributed by atoms with van der Waals surface area (Å²) < 4.78 is 25.8. The molecule has 3 aliphatic heterocycles. The molecule has 0 bridgehead atoms. The average molecular weight is 1070 g/mol. The summed E-state index contributed by atoms with van der Waals surface area (Å²) in [4.78, 5) is 0. The minimum Gasteiger partial charge on any atom is -0.435 e. The Labute approximate surface area is 480 Å². The monoisotopic (exact) mass is 1070 g/mol. The minimum absolute atomic E-state index is 0.0589. The first-order valence-electron chi connectivity index (χ1n) is 29.3. The Balaban J connectivity index is 0.0000000954. The number of fused-ring (bicyclic) bond motifs is 15. The summed E-state index contributed by atoms with van der Waals surface area (Å²) in [5.74, 6) is 3.06. The van der Waals surface area contributed by atoms with Crippen molar-refractivity contribution < 1.29 is 27.9 Å². The quantitative estimate of drug-likeness (QED) is 0.0863. The molecule has 0 amide bonds. The van der Waals surface area contributed by atoms with Crippen molar-refractivity contribution in [2.45, 2.75) is 78.0 Å². The van der Waals surface area contributed by atoms with E-state index >= 15 is 0 Å². The summed E-state index contributed by atoms with van der Waals surface area (Å²) in [5.41, 5.74) is 17.3. The van der Waals surface area contributed by atoms with Crippen LogP contribution in [0.4, 0.5) is 0 Å².